The third-order valence-electron chi connectivity index (χ3n) is 5.55. The number of halogens is 1. The molecule has 1 aliphatic rings. The van der Waals surface area contributed by atoms with Crippen LogP contribution in [0.4, 0.5) is 15.0 Å². The second kappa shape index (κ2) is 10.3. The summed E-state index contributed by atoms with van der Waals surface area (Å²) in [6, 6.07) is 4.94. The van der Waals surface area contributed by atoms with Gasteiger partial charge in [0.15, 0.2) is 11.6 Å². The Morgan fingerprint density at radius 1 is 1.26 bits per heavy atom. The van der Waals surface area contributed by atoms with Crippen molar-refractivity contribution < 1.29 is 18.3 Å². The molecule has 0 saturated carbocycles. The lowest BCUT2D eigenvalue weighted by molar-refractivity contribution is 0.0958. The van der Waals surface area contributed by atoms with Gasteiger partial charge in [0.25, 0.3) is 5.91 Å². The Morgan fingerprint density at radius 2 is 2.00 bits per heavy atom. The third-order valence-corrected chi connectivity index (χ3v) is 5.55. The lowest BCUT2D eigenvalue weighted by Crippen LogP contribution is -2.33. The second-order valence-electron chi connectivity index (χ2n) is 7.62. The number of aryl methyl sites for hydroxylation is 1. The Balaban J connectivity index is 0.00000363. The van der Waals surface area contributed by atoms with Gasteiger partial charge in [0.2, 0.25) is 0 Å². The lowest BCUT2D eigenvalue weighted by Gasteiger charge is -2.32. The van der Waals surface area contributed by atoms with E-state index in [1.54, 1.807) is 26.1 Å². The fourth-order valence-electron chi connectivity index (χ4n) is 3.91. The highest BCUT2D eigenvalue weighted by Crippen LogP contribution is 2.30. The van der Waals surface area contributed by atoms with Crippen molar-refractivity contribution >= 4 is 17.8 Å². The van der Waals surface area contributed by atoms with E-state index in [0.717, 1.165) is 37.2 Å². The summed E-state index contributed by atoms with van der Waals surface area (Å²) in [7, 11) is 1.59. The number of rotatable bonds is 6. The molecule has 0 unspecified atom stereocenters. The normalized spacial score (nSPS) is 14.8. The number of carbonyl (C=O) groups excluding carboxylic acids is 2. The van der Waals surface area contributed by atoms with Crippen molar-refractivity contribution in [3.63, 3.8) is 0 Å². The minimum absolute atomic E-state index is 0. The minimum atomic E-state index is -0.499. The maximum absolute atomic E-state index is 14.8. The Hall–Kier alpha value is -3.07. The summed E-state index contributed by atoms with van der Waals surface area (Å²) in [5.74, 6) is -0.387. The van der Waals surface area contributed by atoms with Crippen molar-refractivity contribution in [3.8, 4) is 0 Å². The maximum Gasteiger partial charge on any atom is 0.320 e. The summed E-state index contributed by atoms with van der Waals surface area (Å²) in [5.41, 5.74) is 2.97. The zero-order chi connectivity index (χ0) is 22.4. The van der Waals surface area contributed by atoms with E-state index in [0.29, 0.717) is 30.3 Å². The van der Waals surface area contributed by atoms with Crippen LogP contribution in [0.3, 0.4) is 0 Å². The number of carbonyl (C=O) groups is 2. The van der Waals surface area contributed by atoms with Crippen LogP contribution in [0, 0.1) is 12.7 Å². The number of anilines is 1. The zero-order valence-corrected chi connectivity index (χ0v) is 18.2. The summed E-state index contributed by atoms with van der Waals surface area (Å²) in [6.07, 6.45) is 3.37. The molecule has 0 aromatic carbocycles. The van der Waals surface area contributed by atoms with E-state index in [9.17, 15) is 14.0 Å². The quantitative estimate of drug-likeness (QED) is 0.646. The molecule has 0 radical (unpaired) electrons. The van der Waals surface area contributed by atoms with Crippen LogP contribution in [0.15, 0.2) is 24.4 Å². The van der Waals surface area contributed by atoms with E-state index in [1.165, 1.54) is 6.20 Å². The average Bonchev–Trinajstić information content (AvgIpc) is 2.76. The molecule has 0 spiro atoms. The average molecular weight is 435 g/mol. The van der Waals surface area contributed by atoms with E-state index in [-0.39, 0.29) is 16.0 Å². The number of nitrogens with zero attached hydrogens (tertiary/aromatic N) is 3. The molecule has 0 aliphatic carbocycles. The van der Waals surface area contributed by atoms with Gasteiger partial charge in [0.1, 0.15) is 5.69 Å². The van der Waals surface area contributed by atoms with Gasteiger partial charge in [0.05, 0.1) is 0 Å². The number of nitrogens with one attached hydrogen (secondary N) is 3. The minimum Gasteiger partial charge on any atom is -0.354 e. The van der Waals surface area contributed by atoms with Crippen molar-refractivity contribution in [1.82, 2.24) is 25.5 Å². The van der Waals surface area contributed by atoms with Gasteiger partial charge in [-0.3, -0.25) is 15.0 Å². The number of amides is 3. The third kappa shape index (κ3) is 5.55. The van der Waals surface area contributed by atoms with E-state index in [2.05, 4.69) is 30.8 Å². The number of urea groups is 1. The molecule has 8 nitrogen and oxygen atoms in total. The van der Waals surface area contributed by atoms with E-state index < -0.39 is 11.8 Å². The van der Waals surface area contributed by atoms with Crippen molar-refractivity contribution in [2.75, 3.05) is 32.0 Å². The zero-order valence-electron chi connectivity index (χ0n) is 18.2. The van der Waals surface area contributed by atoms with E-state index >= 15 is 0 Å². The molecule has 3 amide bonds. The summed E-state index contributed by atoms with van der Waals surface area (Å²) in [4.78, 5) is 34.0. The topological polar surface area (TPSA) is 99.3 Å². The predicted molar refractivity (Wildman–Crippen MR) is 123 cm³/mol. The number of hydrogen-bond acceptors (Lipinski definition) is 5. The Bertz CT molecular complexity index is 958. The Morgan fingerprint density at radius 3 is 2.65 bits per heavy atom. The molecule has 31 heavy (non-hydrogen) atoms. The maximum atomic E-state index is 14.8. The fourth-order valence-corrected chi connectivity index (χ4v) is 3.91. The summed E-state index contributed by atoms with van der Waals surface area (Å²) in [6.45, 7) is 6.27. The molecule has 0 bridgehead atoms. The van der Waals surface area contributed by atoms with Crippen LogP contribution in [-0.2, 0) is 6.54 Å². The molecule has 3 N–H and O–H groups in total. The first-order valence-electron chi connectivity index (χ1n) is 10.5. The van der Waals surface area contributed by atoms with Gasteiger partial charge in [0, 0.05) is 41.9 Å². The first-order valence-corrected chi connectivity index (χ1v) is 10.5. The fraction of sp³-hybridized carbons (Fsp3) is 0.455. The molecule has 9 heteroatoms. The van der Waals surface area contributed by atoms with Crippen molar-refractivity contribution in [2.45, 2.75) is 39.2 Å². The van der Waals surface area contributed by atoms with Gasteiger partial charge < -0.3 is 10.6 Å². The highest BCUT2D eigenvalue weighted by atomic mass is 19.1. The van der Waals surface area contributed by atoms with Crippen LogP contribution in [0.25, 0.3) is 0 Å². The predicted octanol–water partition coefficient (Wildman–Crippen LogP) is 3.54. The smallest absolute Gasteiger partial charge is 0.320 e. The first kappa shape index (κ1) is 22.6. The second-order valence-corrected chi connectivity index (χ2v) is 7.62. The van der Waals surface area contributed by atoms with Crippen LogP contribution in [0.5, 0.6) is 0 Å². The molecule has 2 aromatic rings. The van der Waals surface area contributed by atoms with Gasteiger partial charge in [-0.05, 0) is 63.4 Å². The van der Waals surface area contributed by atoms with Crippen molar-refractivity contribution in [2.24, 2.45) is 0 Å². The van der Waals surface area contributed by atoms with Gasteiger partial charge in [-0.15, -0.1) is 0 Å². The molecule has 1 fully saturated rings. The first-order chi connectivity index (χ1) is 14.9. The molecule has 2 aromatic heterocycles. The number of pyridine rings is 2. The molecular formula is C22H35FN6O2. The molecule has 0 atom stereocenters. The van der Waals surface area contributed by atoms with Gasteiger partial charge >= 0.3 is 6.03 Å². The molecule has 3 heterocycles. The van der Waals surface area contributed by atoms with E-state index in [4.69, 9.17) is 0 Å². The number of hydrogen-bond donors (Lipinski definition) is 3. The Kier molecular flexibility index (Phi) is 7.51. The Labute approximate surface area is 186 Å². The molecule has 1 saturated heterocycles. The highest BCUT2D eigenvalue weighted by Gasteiger charge is 2.24. The van der Waals surface area contributed by atoms with Crippen LogP contribution in [0.1, 0.15) is 57.3 Å². The number of piperidine rings is 1. The lowest BCUT2D eigenvalue weighted by atomic mass is 9.88. The molecule has 3 rings (SSSR count). The van der Waals surface area contributed by atoms with Crippen LogP contribution < -0.4 is 16.0 Å². The largest absolute Gasteiger partial charge is 0.354 e. The van der Waals surface area contributed by atoms with Crippen molar-refractivity contribution in [1.29, 1.82) is 0 Å². The highest BCUT2D eigenvalue weighted by molar-refractivity contribution is 5.92. The van der Waals surface area contributed by atoms with E-state index in [1.807, 2.05) is 13.0 Å². The van der Waals surface area contributed by atoms with Gasteiger partial charge in [-0.1, -0.05) is 6.07 Å². The SMILES string of the molecule is CCNC(=O)Nc1nccc(CN2CCC(c3ccc(C(=O)NC)nc3C)CC2)c1F.[HH].[HH].[HH]. The standard InChI is InChI=1S/C22H29FN6O2.3H2/c1-4-25-22(31)28-20-19(23)16(7-10-26-20)13-29-11-8-15(9-12-29)17-5-6-18(21(30)24-3)27-14(17)2;;;/h5-7,10,15H,4,8-9,11-13H2,1-3H3,(H,24,30)(H2,25,26,28,31);3*1H. The number of likely N-dealkylation sites (tertiary alicyclic amines) is 1. The monoisotopic (exact) mass is 434 g/mol. The van der Waals surface area contributed by atoms with Crippen LogP contribution in [-0.4, -0.2) is 53.5 Å². The van der Waals surface area contributed by atoms with Gasteiger partial charge in [-0.2, -0.15) is 0 Å². The molecule has 172 valence electrons. The van der Waals surface area contributed by atoms with Crippen LogP contribution in [0.2, 0.25) is 0 Å². The van der Waals surface area contributed by atoms with Crippen LogP contribution >= 0.6 is 0 Å². The van der Waals surface area contributed by atoms with Gasteiger partial charge in [-0.25, -0.2) is 19.2 Å². The molecular weight excluding hydrogens is 399 g/mol. The summed E-state index contributed by atoms with van der Waals surface area (Å²) < 4.78 is 14.8. The number of aromatic nitrogens is 2. The summed E-state index contributed by atoms with van der Waals surface area (Å²) >= 11 is 0. The molecule has 1 aliphatic heterocycles. The van der Waals surface area contributed by atoms with Crippen molar-refractivity contribution in [3.05, 3.63) is 52.7 Å². The summed E-state index contributed by atoms with van der Waals surface area (Å²) in [5, 5.41) is 7.61.